The normalized spacial score (nSPS) is 11.2. The molecule has 0 saturated carbocycles. The van der Waals surface area contributed by atoms with E-state index in [1.807, 2.05) is 13.8 Å². The minimum atomic E-state index is -4.27. The Balaban J connectivity index is 1.82. The number of nitrogens with zero attached hydrogens (tertiary/aromatic N) is 1. The SMILES string of the molecule is COc1ccc(S(=O)(=O)N(CC(=O)NCc2ccc(OC(C)C)c(OC)c2)c2ccccc2F)cc1. The zero-order chi connectivity index (χ0) is 26.3. The van der Waals surface area contributed by atoms with Gasteiger partial charge in [-0.3, -0.25) is 9.10 Å². The lowest BCUT2D eigenvalue weighted by molar-refractivity contribution is -0.119. The van der Waals surface area contributed by atoms with Gasteiger partial charge in [-0.25, -0.2) is 12.8 Å². The zero-order valence-electron chi connectivity index (χ0n) is 20.5. The topological polar surface area (TPSA) is 94.2 Å². The predicted molar refractivity (Wildman–Crippen MR) is 135 cm³/mol. The highest BCUT2D eigenvalue weighted by Gasteiger charge is 2.29. The standard InChI is InChI=1S/C26H29FN2O6S/c1-18(2)35-24-14-9-19(15-25(24)34-4)16-28-26(30)17-29(23-8-6-5-7-22(23)27)36(31,32)21-12-10-20(33-3)11-13-21/h5-15,18H,16-17H2,1-4H3,(H,28,30). The Morgan fingerprint density at radius 2 is 1.67 bits per heavy atom. The summed E-state index contributed by atoms with van der Waals surface area (Å²) in [5.74, 6) is 0.151. The molecular weight excluding hydrogens is 487 g/mol. The van der Waals surface area contributed by atoms with E-state index in [0.717, 1.165) is 10.4 Å². The monoisotopic (exact) mass is 516 g/mol. The van der Waals surface area contributed by atoms with Crippen molar-refractivity contribution in [2.75, 3.05) is 25.1 Å². The van der Waals surface area contributed by atoms with Gasteiger partial charge in [0.25, 0.3) is 10.0 Å². The number of rotatable bonds is 11. The van der Waals surface area contributed by atoms with E-state index in [-0.39, 0.29) is 23.2 Å². The number of hydrogen-bond donors (Lipinski definition) is 1. The molecule has 0 atom stereocenters. The third kappa shape index (κ3) is 6.45. The highest BCUT2D eigenvalue weighted by molar-refractivity contribution is 7.92. The van der Waals surface area contributed by atoms with Crippen LogP contribution in [0.1, 0.15) is 19.4 Å². The Bertz CT molecular complexity index is 1300. The van der Waals surface area contributed by atoms with E-state index in [1.54, 1.807) is 18.2 Å². The van der Waals surface area contributed by atoms with Crippen LogP contribution in [0.5, 0.6) is 17.2 Å². The average molecular weight is 517 g/mol. The summed E-state index contributed by atoms with van der Waals surface area (Å²) < 4.78 is 58.3. The number of halogens is 1. The molecule has 3 aromatic rings. The van der Waals surface area contributed by atoms with E-state index < -0.39 is 28.3 Å². The molecule has 0 bridgehead atoms. The third-order valence-electron chi connectivity index (χ3n) is 5.14. The molecule has 36 heavy (non-hydrogen) atoms. The van der Waals surface area contributed by atoms with Crippen LogP contribution >= 0.6 is 0 Å². The van der Waals surface area contributed by atoms with E-state index >= 15 is 0 Å². The van der Waals surface area contributed by atoms with Crippen molar-refractivity contribution in [2.45, 2.75) is 31.4 Å². The molecule has 3 aromatic carbocycles. The Kier molecular flexibility index (Phi) is 8.76. The fourth-order valence-corrected chi connectivity index (χ4v) is 4.82. The summed E-state index contributed by atoms with van der Waals surface area (Å²) in [4.78, 5) is 12.7. The van der Waals surface area contributed by atoms with Crippen molar-refractivity contribution in [3.63, 3.8) is 0 Å². The average Bonchev–Trinajstić information content (AvgIpc) is 2.86. The van der Waals surface area contributed by atoms with E-state index in [2.05, 4.69) is 5.32 Å². The quantitative estimate of drug-likeness (QED) is 0.412. The summed E-state index contributed by atoms with van der Waals surface area (Å²) in [7, 11) is -1.29. The van der Waals surface area contributed by atoms with Crippen molar-refractivity contribution in [2.24, 2.45) is 0 Å². The maximum absolute atomic E-state index is 14.6. The minimum absolute atomic E-state index is 0.0403. The van der Waals surface area contributed by atoms with E-state index in [1.165, 1.54) is 56.7 Å². The number of carbonyl (C=O) groups is 1. The molecule has 1 amide bonds. The van der Waals surface area contributed by atoms with Gasteiger partial charge in [0, 0.05) is 6.54 Å². The number of methoxy groups -OCH3 is 2. The number of carbonyl (C=O) groups excluding carboxylic acids is 1. The summed E-state index contributed by atoms with van der Waals surface area (Å²) in [6.07, 6.45) is -0.0403. The van der Waals surface area contributed by atoms with E-state index in [9.17, 15) is 17.6 Å². The van der Waals surface area contributed by atoms with Crippen LogP contribution in [-0.4, -0.2) is 41.2 Å². The van der Waals surface area contributed by atoms with Crippen LogP contribution < -0.4 is 23.8 Å². The molecule has 0 unspecified atom stereocenters. The number of sulfonamides is 1. The first-order valence-corrected chi connectivity index (χ1v) is 12.6. The predicted octanol–water partition coefficient (Wildman–Crippen LogP) is 4.14. The number of anilines is 1. The molecule has 0 fully saturated rings. The summed E-state index contributed by atoms with van der Waals surface area (Å²) in [5, 5.41) is 2.69. The number of nitrogens with one attached hydrogen (secondary N) is 1. The van der Waals surface area contributed by atoms with Gasteiger partial charge in [-0.2, -0.15) is 0 Å². The Labute approximate surface area is 210 Å². The van der Waals surface area contributed by atoms with Crippen LogP contribution in [0.2, 0.25) is 0 Å². The number of ether oxygens (including phenoxy) is 3. The smallest absolute Gasteiger partial charge is 0.264 e. The van der Waals surface area contributed by atoms with E-state index in [0.29, 0.717) is 22.8 Å². The van der Waals surface area contributed by atoms with Gasteiger partial charge < -0.3 is 19.5 Å². The summed E-state index contributed by atoms with van der Waals surface area (Å²) in [6.45, 7) is 3.27. The lowest BCUT2D eigenvalue weighted by atomic mass is 10.2. The highest BCUT2D eigenvalue weighted by atomic mass is 32.2. The molecule has 0 heterocycles. The third-order valence-corrected chi connectivity index (χ3v) is 6.91. The molecule has 0 aromatic heterocycles. The fraction of sp³-hybridized carbons (Fsp3) is 0.269. The first-order valence-electron chi connectivity index (χ1n) is 11.2. The number of para-hydroxylation sites is 1. The van der Waals surface area contributed by atoms with Crippen LogP contribution in [0.25, 0.3) is 0 Å². The molecule has 0 aliphatic heterocycles. The molecule has 1 N–H and O–H groups in total. The lowest BCUT2D eigenvalue weighted by Crippen LogP contribution is -2.41. The summed E-state index contributed by atoms with van der Waals surface area (Å²) >= 11 is 0. The molecule has 8 nitrogen and oxygen atoms in total. The van der Waals surface area contributed by atoms with Gasteiger partial charge >= 0.3 is 0 Å². The van der Waals surface area contributed by atoms with Gasteiger partial charge in [-0.05, 0) is 67.9 Å². The van der Waals surface area contributed by atoms with Gasteiger partial charge in [-0.1, -0.05) is 18.2 Å². The van der Waals surface area contributed by atoms with Gasteiger partial charge in [-0.15, -0.1) is 0 Å². The highest BCUT2D eigenvalue weighted by Crippen LogP contribution is 2.29. The lowest BCUT2D eigenvalue weighted by Gasteiger charge is -2.24. The van der Waals surface area contributed by atoms with Crippen molar-refractivity contribution in [1.29, 1.82) is 0 Å². The van der Waals surface area contributed by atoms with Crippen LogP contribution in [0.3, 0.4) is 0 Å². The maximum Gasteiger partial charge on any atom is 0.264 e. The second kappa shape index (κ2) is 11.8. The van der Waals surface area contributed by atoms with Gasteiger partial charge in [0.2, 0.25) is 5.91 Å². The van der Waals surface area contributed by atoms with Gasteiger partial charge in [0.15, 0.2) is 11.5 Å². The number of benzene rings is 3. The number of amides is 1. The molecule has 0 spiro atoms. The summed E-state index contributed by atoms with van der Waals surface area (Å²) in [5.41, 5.74) is 0.479. The second-order valence-corrected chi connectivity index (χ2v) is 9.93. The van der Waals surface area contributed by atoms with Gasteiger partial charge in [0.1, 0.15) is 18.1 Å². The maximum atomic E-state index is 14.6. The first-order chi connectivity index (χ1) is 17.1. The van der Waals surface area contributed by atoms with Crippen LogP contribution in [0, 0.1) is 5.82 Å². The molecule has 3 rings (SSSR count). The molecule has 192 valence electrons. The van der Waals surface area contributed by atoms with Crippen molar-refractivity contribution in [3.8, 4) is 17.2 Å². The molecule has 0 saturated heterocycles. The van der Waals surface area contributed by atoms with Gasteiger partial charge in [0.05, 0.1) is 30.9 Å². The minimum Gasteiger partial charge on any atom is -0.497 e. The second-order valence-electron chi connectivity index (χ2n) is 8.07. The Morgan fingerprint density at radius 3 is 2.28 bits per heavy atom. The molecule has 0 radical (unpaired) electrons. The summed E-state index contributed by atoms with van der Waals surface area (Å²) in [6, 6.07) is 16.2. The number of hydrogen-bond acceptors (Lipinski definition) is 6. The molecular formula is C26H29FN2O6S. The van der Waals surface area contributed by atoms with Crippen molar-refractivity contribution < 1.29 is 31.8 Å². The van der Waals surface area contributed by atoms with Crippen molar-refractivity contribution in [1.82, 2.24) is 5.32 Å². The molecule has 10 heteroatoms. The largest absolute Gasteiger partial charge is 0.497 e. The van der Waals surface area contributed by atoms with Crippen LogP contribution in [-0.2, 0) is 21.4 Å². The Morgan fingerprint density at radius 1 is 0.972 bits per heavy atom. The molecule has 0 aliphatic carbocycles. The van der Waals surface area contributed by atoms with Crippen molar-refractivity contribution in [3.05, 3.63) is 78.1 Å². The van der Waals surface area contributed by atoms with Crippen LogP contribution in [0.15, 0.2) is 71.6 Å². The van der Waals surface area contributed by atoms with E-state index in [4.69, 9.17) is 14.2 Å². The van der Waals surface area contributed by atoms with Crippen molar-refractivity contribution >= 4 is 21.6 Å². The molecule has 0 aliphatic rings. The Hall–Kier alpha value is -3.79. The zero-order valence-corrected chi connectivity index (χ0v) is 21.3. The first kappa shape index (κ1) is 26.8. The fourth-order valence-electron chi connectivity index (χ4n) is 3.39. The van der Waals surface area contributed by atoms with Crippen LogP contribution in [0.4, 0.5) is 10.1 Å².